The molecule has 2 rings (SSSR count). The highest BCUT2D eigenvalue weighted by molar-refractivity contribution is 6.30. The van der Waals surface area contributed by atoms with Crippen LogP contribution in [-0.2, 0) is 4.79 Å². The summed E-state index contributed by atoms with van der Waals surface area (Å²) in [5, 5.41) is 0.608. The van der Waals surface area contributed by atoms with E-state index < -0.39 is 6.10 Å². The van der Waals surface area contributed by atoms with E-state index in [1.807, 2.05) is 11.0 Å². The van der Waals surface area contributed by atoms with E-state index in [1.165, 1.54) is 0 Å². The topological polar surface area (TPSA) is 32.8 Å². The van der Waals surface area contributed by atoms with Crippen LogP contribution in [-0.4, -0.2) is 55.0 Å². The third-order valence-corrected chi connectivity index (χ3v) is 3.51. The van der Waals surface area contributed by atoms with Crippen LogP contribution in [0.15, 0.2) is 24.3 Å². The van der Waals surface area contributed by atoms with E-state index in [2.05, 4.69) is 11.9 Å². The number of carbonyl (C=O) groups is 1. The number of halogens is 1. The molecule has 1 fully saturated rings. The van der Waals surface area contributed by atoms with Crippen LogP contribution in [0.1, 0.15) is 6.92 Å². The fourth-order valence-electron chi connectivity index (χ4n) is 2.08. The summed E-state index contributed by atoms with van der Waals surface area (Å²) in [5.74, 6) is 0.663. The molecule has 1 atom stereocenters. The number of rotatable bonds is 3. The zero-order chi connectivity index (χ0) is 13.8. The van der Waals surface area contributed by atoms with Crippen molar-refractivity contribution in [2.24, 2.45) is 0 Å². The largest absolute Gasteiger partial charge is 0.481 e. The summed E-state index contributed by atoms with van der Waals surface area (Å²) in [6.07, 6.45) is -0.484. The molecule has 4 nitrogen and oxygen atoms in total. The Kier molecular flexibility index (Phi) is 4.66. The molecule has 104 valence electrons. The molecule has 1 aromatic carbocycles. The fraction of sp³-hybridized carbons (Fsp3) is 0.500. The van der Waals surface area contributed by atoms with Crippen LogP contribution in [0.5, 0.6) is 5.75 Å². The lowest BCUT2D eigenvalue weighted by Gasteiger charge is -2.33. The first kappa shape index (κ1) is 14.2. The molecule has 1 aliphatic rings. The van der Waals surface area contributed by atoms with Gasteiger partial charge in [-0.2, -0.15) is 0 Å². The van der Waals surface area contributed by atoms with Crippen molar-refractivity contribution in [1.82, 2.24) is 9.80 Å². The van der Waals surface area contributed by atoms with Gasteiger partial charge in [-0.25, -0.2) is 0 Å². The average Bonchev–Trinajstić information content (AvgIpc) is 2.39. The van der Waals surface area contributed by atoms with E-state index in [0.29, 0.717) is 10.8 Å². The quantitative estimate of drug-likeness (QED) is 0.849. The van der Waals surface area contributed by atoms with Gasteiger partial charge < -0.3 is 14.5 Å². The minimum Gasteiger partial charge on any atom is -0.481 e. The molecule has 1 amide bonds. The summed E-state index contributed by atoms with van der Waals surface area (Å²) in [6.45, 7) is 5.13. The van der Waals surface area contributed by atoms with Crippen LogP contribution in [0.25, 0.3) is 0 Å². The molecule has 1 saturated heterocycles. The Bertz CT molecular complexity index is 445. The Morgan fingerprint density at radius 2 is 2.00 bits per heavy atom. The fourth-order valence-corrected chi connectivity index (χ4v) is 2.26. The van der Waals surface area contributed by atoms with Crippen LogP contribution in [0.4, 0.5) is 0 Å². The number of nitrogens with zero attached hydrogens (tertiary/aromatic N) is 2. The molecule has 1 aromatic rings. The van der Waals surface area contributed by atoms with Gasteiger partial charge in [-0.3, -0.25) is 4.79 Å². The predicted molar refractivity (Wildman–Crippen MR) is 75.6 cm³/mol. The minimum atomic E-state index is -0.484. The van der Waals surface area contributed by atoms with Gasteiger partial charge in [0.25, 0.3) is 5.91 Å². The Morgan fingerprint density at radius 3 is 2.63 bits per heavy atom. The number of carbonyl (C=O) groups excluding carboxylic acids is 1. The lowest BCUT2D eigenvalue weighted by Crippen LogP contribution is -2.50. The van der Waals surface area contributed by atoms with Crippen molar-refractivity contribution < 1.29 is 9.53 Å². The van der Waals surface area contributed by atoms with Crippen molar-refractivity contribution in [1.29, 1.82) is 0 Å². The molecule has 5 heteroatoms. The van der Waals surface area contributed by atoms with E-state index in [0.717, 1.165) is 26.2 Å². The normalized spacial score (nSPS) is 18.2. The number of benzene rings is 1. The van der Waals surface area contributed by atoms with Gasteiger partial charge in [0.15, 0.2) is 6.10 Å². The van der Waals surface area contributed by atoms with E-state index in [4.69, 9.17) is 16.3 Å². The molecule has 1 heterocycles. The van der Waals surface area contributed by atoms with Gasteiger partial charge in [-0.05, 0) is 32.2 Å². The first-order valence-electron chi connectivity index (χ1n) is 6.46. The predicted octanol–water partition coefficient (Wildman–Crippen LogP) is 1.88. The van der Waals surface area contributed by atoms with E-state index >= 15 is 0 Å². The smallest absolute Gasteiger partial charge is 0.263 e. The molecule has 0 saturated carbocycles. The molecule has 0 spiro atoms. The number of hydrogen-bond donors (Lipinski definition) is 0. The van der Waals surface area contributed by atoms with Crippen LogP contribution in [0, 0.1) is 0 Å². The van der Waals surface area contributed by atoms with Crippen molar-refractivity contribution in [2.75, 3.05) is 33.2 Å². The molecule has 0 radical (unpaired) electrons. The summed E-state index contributed by atoms with van der Waals surface area (Å²) >= 11 is 5.89. The Morgan fingerprint density at radius 1 is 1.32 bits per heavy atom. The van der Waals surface area contributed by atoms with Crippen LogP contribution in [0.2, 0.25) is 5.02 Å². The highest BCUT2D eigenvalue weighted by Crippen LogP contribution is 2.19. The maximum Gasteiger partial charge on any atom is 0.263 e. The monoisotopic (exact) mass is 282 g/mol. The molecule has 1 aliphatic heterocycles. The Balaban J connectivity index is 1.92. The summed E-state index contributed by atoms with van der Waals surface area (Å²) in [7, 11) is 2.06. The molecule has 0 aliphatic carbocycles. The van der Waals surface area contributed by atoms with Crippen molar-refractivity contribution >= 4 is 17.5 Å². The molecular formula is C14H19ClN2O2. The molecule has 0 N–H and O–H groups in total. The number of piperazine rings is 1. The molecule has 0 aromatic heterocycles. The third kappa shape index (κ3) is 3.85. The zero-order valence-corrected chi connectivity index (χ0v) is 12.1. The molecule has 0 unspecified atom stereocenters. The number of amides is 1. The average molecular weight is 283 g/mol. The van der Waals surface area contributed by atoms with Gasteiger partial charge in [0.05, 0.1) is 0 Å². The molecule has 0 bridgehead atoms. The van der Waals surface area contributed by atoms with E-state index in [1.54, 1.807) is 25.1 Å². The second kappa shape index (κ2) is 6.26. The van der Waals surface area contributed by atoms with Crippen molar-refractivity contribution in [3.63, 3.8) is 0 Å². The first-order valence-corrected chi connectivity index (χ1v) is 6.83. The van der Waals surface area contributed by atoms with Gasteiger partial charge in [-0.1, -0.05) is 17.7 Å². The van der Waals surface area contributed by atoms with Gasteiger partial charge in [0.1, 0.15) is 5.75 Å². The number of likely N-dealkylation sites (N-methyl/N-ethyl adjacent to an activating group) is 1. The van der Waals surface area contributed by atoms with Gasteiger partial charge >= 0.3 is 0 Å². The summed E-state index contributed by atoms with van der Waals surface area (Å²) < 4.78 is 5.65. The highest BCUT2D eigenvalue weighted by Gasteiger charge is 2.24. The number of hydrogen-bond acceptors (Lipinski definition) is 3. The highest BCUT2D eigenvalue weighted by atomic mass is 35.5. The summed E-state index contributed by atoms with van der Waals surface area (Å²) in [5.41, 5.74) is 0. The van der Waals surface area contributed by atoms with E-state index in [-0.39, 0.29) is 5.91 Å². The Labute approximate surface area is 118 Å². The molecule has 19 heavy (non-hydrogen) atoms. The standard InChI is InChI=1S/C14H19ClN2O2/c1-11(19-13-5-3-4-12(15)10-13)14(18)17-8-6-16(2)7-9-17/h3-5,10-11H,6-9H2,1-2H3/t11-/m0/s1. The summed E-state index contributed by atoms with van der Waals surface area (Å²) in [4.78, 5) is 16.3. The minimum absolute atomic E-state index is 0.0353. The lowest BCUT2D eigenvalue weighted by atomic mass is 10.2. The van der Waals surface area contributed by atoms with Crippen LogP contribution >= 0.6 is 11.6 Å². The second-order valence-electron chi connectivity index (χ2n) is 4.85. The van der Waals surface area contributed by atoms with Gasteiger partial charge in [0, 0.05) is 31.2 Å². The van der Waals surface area contributed by atoms with Crippen LogP contribution < -0.4 is 4.74 Å². The SMILES string of the molecule is C[C@H](Oc1cccc(Cl)c1)C(=O)N1CCN(C)CC1. The third-order valence-electron chi connectivity index (χ3n) is 3.27. The maximum absolute atomic E-state index is 12.2. The van der Waals surface area contributed by atoms with Crippen molar-refractivity contribution in [2.45, 2.75) is 13.0 Å². The maximum atomic E-state index is 12.2. The second-order valence-corrected chi connectivity index (χ2v) is 5.28. The number of ether oxygens (including phenoxy) is 1. The summed E-state index contributed by atoms with van der Waals surface area (Å²) in [6, 6.07) is 7.11. The van der Waals surface area contributed by atoms with Gasteiger partial charge in [-0.15, -0.1) is 0 Å². The van der Waals surface area contributed by atoms with Gasteiger partial charge in [0.2, 0.25) is 0 Å². The van der Waals surface area contributed by atoms with E-state index in [9.17, 15) is 4.79 Å². The van der Waals surface area contributed by atoms with Crippen molar-refractivity contribution in [3.05, 3.63) is 29.3 Å². The van der Waals surface area contributed by atoms with Crippen molar-refractivity contribution in [3.8, 4) is 5.75 Å². The molecular weight excluding hydrogens is 264 g/mol. The Hall–Kier alpha value is -1.26. The van der Waals surface area contributed by atoms with Crippen LogP contribution in [0.3, 0.4) is 0 Å². The first-order chi connectivity index (χ1) is 9.06. The zero-order valence-electron chi connectivity index (χ0n) is 11.3. The lowest BCUT2D eigenvalue weighted by molar-refractivity contribution is -0.139.